The van der Waals surface area contributed by atoms with Crippen LogP contribution in [0.15, 0.2) is 55.1 Å². The zero-order valence-corrected chi connectivity index (χ0v) is 12.6. The van der Waals surface area contributed by atoms with Crippen LogP contribution in [0, 0.1) is 6.92 Å². The molecule has 0 unspecified atom stereocenters. The summed E-state index contributed by atoms with van der Waals surface area (Å²) in [6, 6.07) is 13.0. The molecule has 4 nitrogen and oxygen atoms in total. The molecule has 0 atom stereocenters. The van der Waals surface area contributed by atoms with Gasteiger partial charge in [0.25, 0.3) is 5.91 Å². The molecule has 114 valence electrons. The minimum atomic E-state index is -0.163. The third-order valence-corrected chi connectivity index (χ3v) is 3.21. The number of nitrogen functional groups attached to an aromatic ring is 1. The second kappa shape index (κ2) is 7.31. The van der Waals surface area contributed by atoms with Crippen LogP contribution in [-0.4, -0.2) is 12.5 Å². The Morgan fingerprint density at radius 3 is 2.68 bits per heavy atom. The van der Waals surface area contributed by atoms with Gasteiger partial charge in [-0.3, -0.25) is 4.79 Å². The molecule has 0 aliphatic heterocycles. The van der Waals surface area contributed by atoms with Crippen LogP contribution in [0.1, 0.15) is 21.5 Å². The van der Waals surface area contributed by atoms with E-state index >= 15 is 0 Å². The van der Waals surface area contributed by atoms with E-state index in [-0.39, 0.29) is 5.91 Å². The Hall–Kier alpha value is -2.75. The van der Waals surface area contributed by atoms with Gasteiger partial charge >= 0.3 is 0 Å². The summed E-state index contributed by atoms with van der Waals surface area (Å²) in [7, 11) is 0. The van der Waals surface area contributed by atoms with E-state index < -0.39 is 0 Å². The quantitative estimate of drug-likeness (QED) is 0.636. The first kappa shape index (κ1) is 15.6. The summed E-state index contributed by atoms with van der Waals surface area (Å²) in [5.74, 6) is 0.326. The lowest BCUT2D eigenvalue weighted by Crippen LogP contribution is -2.22. The number of carbonyl (C=O) groups excluding carboxylic acids is 1. The van der Waals surface area contributed by atoms with Gasteiger partial charge in [0.15, 0.2) is 0 Å². The van der Waals surface area contributed by atoms with Gasteiger partial charge in [-0.25, -0.2) is 0 Å². The van der Waals surface area contributed by atoms with Crippen molar-refractivity contribution in [2.24, 2.45) is 0 Å². The van der Waals surface area contributed by atoms with Crippen LogP contribution in [0.25, 0.3) is 0 Å². The predicted octanol–water partition coefficient (Wildman–Crippen LogP) is 3.07. The highest BCUT2D eigenvalue weighted by molar-refractivity contribution is 5.95. The molecule has 3 N–H and O–H groups in total. The maximum atomic E-state index is 12.2. The Labute approximate surface area is 130 Å². The molecule has 0 aromatic heterocycles. The normalized spacial score (nSPS) is 10.0. The van der Waals surface area contributed by atoms with Crippen LogP contribution in [0.5, 0.6) is 5.75 Å². The average Bonchev–Trinajstić information content (AvgIpc) is 2.53. The van der Waals surface area contributed by atoms with Crippen molar-refractivity contribution in [1.29, 1.82) is 0 Å². The molecule has 2 aromatic rings. The van der Waals surface area contributed by atoms with E-state index in [0.29, 0.717) is 30.2 Å². The van der Waals surface area contributed by atoms with Crippen molar-refractivity contribution < 1.29 is 9.53 Å². The highest BCUT2D eigenvalue weighted by Gasteiger charge is 2.09. The summed E-state index contributed by atoms with van der Waals surface area (Å²) in [5.41, 5.74) is 9.08. The van der Waals surface area contributed by atoms with Crippen molar-refractivity contribution in [3.63, 3.8) is 0 Å². The van der Waals surface area contributed by atoms with Crippen molar-refractivity contribution in [3.8, 4) is 5.75 Å². The minimum absolute atomic E-state index is 0.163. The third-order valence-electron chi connectivity index (χ3n) is 3.21. The van der Waals surface area contributed by atoms with Crippen molar-refractivity contribution in [2.75, 3.05) is 12.3 Å². The van der Waals surface area contributed by atoms with Gasteiger partial charge in [-0.2, -0.15) is 0 Å². The number of nitrogens with one attached hydrogen (secondary N) is 1. The SMILES string of the molecule is C=CCOc1cc(C(=O)NCc2ccc(C)cc2)ccc1N. The standard InChI is InChI=1S/C18H20N2O2/c1-3-10-22-17-11-15(8-9-16(17)19)18(21)20-12-14-6-4-13(2)5-7-14/h3-9,11H,1,10,12,19H2,2H3,(H,20,21). The van der Waals surface area contributed by atoms with Crippen LogP contribution in [0.4, 0.5) is 5.69 Å². The van der Waals surface area contributed by atoms with Gasteiger partial charge in [-0.1, -0.05) is 42.5 Å². The summed E-state index contributed by atoms with van der Waals surface area (Å²) in [4.78, 5) is 12.2. The van der Waals surface area contributed by atoms with E-state index in [1.807, 2.05) is 31.2 Å². The molecule has 0 heterocycles. The second-order valence-corrected chi connectivity index (χ2v) is 5.02. The summed E-state index contributed by atoms with van der Waals surface area (Å²) >= 11 is 0. The highest BCUT2D eigenvalue weighted by atomic mass is 16.5. The summed E-state index contributed by atoms with van der Waals surface area (Å²) in [6.07, 6.45) is 1.63. The van der Waals surface area contributed by atoms with E-state index in [9.17, 15) is 4.79 Å². The van der Waals surface area contributed by atoms with Crippen LogP contribution in [0.3, 0.4) is 0 Å². The number of hydrogen-bond acceptors (Lipinski definition) is 3. The predicted molar refractivity (Wildman–Crippen MR) is 88.9 cm³/mol. The Bertz CT molecular complexity index is 663. The van der Waals surface area contributed by atoms with Crippen LogP contribution in [0.2, 0.25) is 0 Å². The molecule has 4 heteroatoms. The van der Waals surface area contributed by atoms with Crippen molar-refractivity contribution >= 4 is 11.6 Å². The number of benzene rings is 2. The van der Waals surface area contributed by atoms with E-state index in [2.05, 4.69) is 11.9 Å². The molecule has 0 fully saturated rings. The van der Waals surface area contributed by atoms with Gasteiger partial charge in [0.05, 0.1) is 5.69 Å². The lowest BCUT2D eigenvalue weighted by Gasteiger charge is -2.10. The van der Waals surface area contributed by atoms with Crippen molar-refractivity contribution in [1.82, 2.24) is 5.32 Å². The molecule has 2 aromatic carbocycles. The summed E-state index contributed by atoms with van der Waals surface area (Å²) in [6.45, 7) is 6.44. The van der Waals surface area contributed by atoms with Gasteiger partial charge < -0.3 is 15.8 Å². The van der Waals surface area contributed by atoms with E-state index in [4.69, 9.17) is 10.5 Å². The second-order valence-electron chi connectivity index (χ2n) is 5.02. The molecule has 0 saturated heterocycles. The fourth-order valence-corrected chi connectivity index (χ4v) is 1.94. The van der Waals surface area contributed by atoms with Crippen molar-refractivity contribution in [2.45, 2.75) is 13.5 Å². The number of carbonyl (C=O) groups is 1. The topological polar surface area (TPSA) is 64.3 Å². The molecule has 0 bridgehead atoms. The maximum Gasteiger partial charge on any atom is 0.251 e. The van der Waals surface area contributed by atoms with Gasteiger partial charge in [0.1, 0.15) is 12.4 Å². The Morgan fingerprint density at radius 2 is 2.00 bits per heavy atom. The highest BCUT2D eigenvalue weighted by Crippen LogP contribution is 2.22. The van der Waals surface area contributed by atoms with Gasteiger partial charge in [0, 0.05) is 12.1 Å². The number of anilines is 1. The molecule has 22 heavy (non-hydrogen) atoms. The zero-order valence-electron chi connectivity index (χ0n) is 12.6. The van der Waals surface area contributed by atoms with Gasteiger partial charge in [-0.15, -0.1) is 0 Å². The first-order valence-corrected chi connectivity index (χ1v) is 7.07. The minimum Gasteiger partial charge on any atom is -0.487 e. The average molecular weight is 296 g/mol. The number of amides is 1. The van der Waals surface area contributed by atoms with Crippen LogP contribution >= 0.6 is 0 Å². The monoisotopic (exact) mass is 296 g/mol. The first-order chi connectivity index (χ1) is 10.6. The molecule has 0 spiro atoms. The Balaban J connectivity index is 2.02. The summed E-state index contributed by atoms with van der Waals surface area (Å²) < 4.78 is 5.43. The van der Waals surface area contributed by atoms with Crippen LogP contribution < -0.4 is 15.8 Å². The molecule has 1 amide bonds. The maximum absolute atomic E-state index is 12.2. The van der Waals surface area contributed by atoms with Gasteiger partial charge in [-0.05, 0) is 30.7 Å². The van der Waals surface area contributed by atoms with E-state index in [0.717, 1.165) is 5.56 Å². The number of rotatable bonds is 6. The number of aryl methyl sites for hydroxylation is 1. The number of nitrogens with two attached hydrogens (primary N) is 1. The van der Waals surface area contributed by atoms with Crippen molar-refractivity contribution in [3.05, 3.63) is 71.8 Å². The van der Waals surface area contributed by atoms with Crippen LogP contribution in [-0.2, 0) is 6.54 Å². The lowest BCUT2D eigenvalue weighted by molar-refractivity contribution is 0.0950. The molecule has 2 rings (SSSR count). The molecular weight excluding hydrogens is 276 g/mol. The van der Waals surface area contributed by atoms with Gasteiger partial charge in [0.2, 0.25) is 0 Å². The first-order valence-electron chi connectivity index (χ1n) is 7.07. The van der Waals surface area contributed by atoms with E-state index in [1.54, 1.807) is 24.3 Å². The third kappa shape index (κ3) is 4.12. The molecule has 0 saturated carbocycles. The number of hydrogen-bond donors (Lipinski definition) is 2. The molecule has 0 radical (unpaired) electrons. The lowest BCUT2D eigenvalue weighted by atomic mass is 10.1. The Morgan fingerprint density at radius 1 is 1.27 bits per heavy atom. The fraction of sp³-hybridized carbons (Fsp3) is 0.167. The Kier molecular flexibility index (Phi) is 5.20. The largest absolute Gasteiger partial charge is 0.487 e. The molecule has 0 aliphatic carbocycles. The number of ether oxygens (including phenoxy) is 1. The smallest absolute Gasteiger partial charge is 0.251 e. The molecule has 0 aliphatic rings. The zero-order chi connectivity index (χ0) is 15.9. The fourth-order valence-electron chi connectivity index (χ4n) is 1.94. The molecular formula is C18H20N2O2. The van der Waals surface area contributed by atoms with E-state index in [1.165, 1.54) is 5.56 Å². The summed E-state index contributed by atoms with van der Waals surface area (Å²) in [5, 5.41) is 2.88.